The van der Waals surface area contributed by atoms with E-state index in [4.69, 9.17) is 11.7 Å². The first kappa shape index (κ1) is 12.1. The van der Waals surface area contributed by atoms with Gasteiger partial charge in [0, 0.05) is 5.69 Å². The monoisotopic (exact) mass is 212 g/mol. The van der Waals surface area contributed by atoms with Gasteiger partial charge in [-0.15, -0.1) is 6.42 Å². The average molecular weight is 212 g/mol. The predicted molar refractivity (Wildman–Crippen MR) is 67.0 cm³/mol. The number of aryl methyl sites for hydroxylation is 1. The molecule has 2 nitrogen and oxygen atoms in total. The number of terminal acetylenes is 1. The van der Waals surface area contributed by atoms with E-state index in [1.807, 2.05) is 25.1 Å². The van der Waals surface area contributed by atoms with E-state index in [1.165, 1.54) is 0 Å². The van der Waals surface area contributed by atoms with Crippen LogP contribution in [0.1, 0.15) is 30.9 Å². The van der Waals surface area contributed by atoms with E-state index < -0.39 is 0 Å². The van der Waals surface area contributed by atoms with Crippen molar-refractivity contribution in [3.8, 4) is 18.4 Å². The summed E-state index contributed by atoms with van der Waals surface area (Å²) in [6, 6.07) is 7.88. The SMILES string of the molecule is C#CC(CCC)Nc1ccc(C#N)c(C)c1. The van der Waals surface area contributed by atoms with Crippen LogP contribution in [0.2, 0.25) is 0 Å². The molecule has 0 aliphatic heterocycles. The van der Waals surface area contributed by atoms with Crippen LogP contribution in [0.15, 0.2) is 18.2 Å². The summed E-state index contributed by atoms with van der Waals surface area (Å²) in [6.45, 7) is 4.03. The second-order valence-corrected chi connectivity index (χ2v) is 3.79. The maximum Gasteiger partial charge on any atom is 0.0994 e. The lowest BCUT2D eigenvalue weighted by molar-refractivity contribution is 0.756. The minimum absolute atomic E-state index is 0.0670. The molecule has 0 aromatic heterocycles. The van der Waals surface area contributed by atoms with Gasteiger partial charge in [0.2, 0.25) is 0 Å². The van der Waals surface area contributed by atoms with Gasteiger partial charge in [-0.3, -0.25) is 0 Å². The van der Waals surface area contributed by atoms with E-state index in [1.54, 1.807) is 0 Å². The van der Waals surface area contributed by atoms with Gasteiger partial charge < -0.3 is 5.32 Å². The second kappa shape index (κ2) is 5.83. The quantitative estimate of drug-likeness (QED) is 0.778. The molecule has 0 fully saturated rings. The van der Waals surface area contributed by atoms with Crippen molar-refractivity contribution in [2.24, 2.45) is 0 Å². The molecule has 1 aromatic rings. The van der Waals surface area contributed by atoms with Crippen LogP contribution < -0.4 is 5.32 Å². The lowest BCUT2D eigenvalue weighted by atomic mass is 10.1. The highest BCUT2D eigenvalue weighted by atomic mass is 14.9. The van der Waals surface area contributed by atoms with Gasteiger partial charge in [0.1, 0.15) is 0 Å². The first-order chi connectivity index (χ1) is 7.71. The third kappa shape index (κ3) is 3.04. The Labute approximate surface area is 97.3 Å². The minimum Gasteiger partial charge on any atom is -0.372 e. The number of rotatable bonds is 4. The van der Waals surface area contributed by atoms with E-state index >= 15 is 0 Å². The van der Waals surface area contributed by atoms with Crippen molar-refractivity contribution in [1.29, 1.82) is 5.26 Å². The van der Waals surface area contributed by atoms with Crippen LogP contribution >= 0.6 is 0 Å². The van der Waals surface area contributed by atoms with Crippen molar-refractivity contribution in [2.75, 3.05) is 5.32 Å². The molecular weight excluding hydrogens is 196 g/mol. The Morgan fingerprint density at radius 3 is 2.75 bits per heavy atom. The largest absolute Gasteiger partial charge is 0.372 e. The molecule has 2 heteroatoms. The molecule has 0 aliphatic rings. The molecule has 1 unspecified atom stereocenters. The number of hydrogen-bond acceptors (Lipinski definition) is 2. The Morgan fingerprint density at radius 1 is 1.50 bits per heavy atom. The fourth-order valence-electron chi connectivity index (χ4n) is 1.57. The predicted octanol–water partition coefficient (Wildman–Crippen LogP) is 3.08. The molecule has 16 heavy (non-hydrogen) atoms. The third-order valence-corrected chi connectivity index (χ3v) is 2.47. The molecule has 82 valence electrons. The van der Waals surface area contributed by atoms with Crippen molar-refractivity contribution in [3.05, 3.63) is 29.3 Å². The minimum atomic E-state index is 0.0670. The number of nitrogens with one attached hydrogen (secondary N) is 1. The number of nitrogens with zero attached hydrogens (tertiary/aromatic N) is 1. The van der Waals surface area contributed by atoms with Crippen LogP contribution in [0.25, 0.3) is 0 Å². The smallest absolute Gasteiger partial charge is 0.0994 e. The van der Waals surface area contributed by atoms with Gasteiger partial charge >= 0.3 is 0 Å². The highest BCUT2D eigenvalue weighted by Gasteiger charge is 2.04. The van der Waals surface area contributed by atoms with E-state index in [0.29, 0.717) is 5.56 Å². The molecule has 0 aliphatic carbocycles. The molecule has 0 amide bonds. The maximum atomic E-state index is 8.82. The standard InChI is InChI=1S/C14H16N2/c1-4-6-13(5-2)16-14-8-7-12(10-15)11(3)9-14/h2,7-9,13,16H,4,6H2,1,3H3. The molecular formula is C14H16N2. The number of benzene rings is 1. The molecule has 1 aromatic carbocycles. The van der Waals surface area contributed by atoms with E-state index in [-0.39, 0.29) is 6.04 Å². The summed E-state index contributed by atoms with van der Waals surface area (Å²) in [5, 5.41) is 12.1. The average Bonchev–Trinajstić information content (AvgIpc) is 2.28. The Balaban J connectivity index is 2.79. The summed E-state index contributed by atoms with van der Waals surface area (Å²) in [6.07, 6.45) is 7.44. The van der Waals surface area contributed by atoms with Crippen molar-refractivity contribution in [1.82, 2.24) is 0 Å². The Morgan fingerprint density at radius 2 is 2.25 bits per heavy atom. The number of anilines is 1. The van der Waals surface area contributed by atoms with Gasteiger partial charge in [0.05, 0.1) is 17.7 Å². The Bertz CT molecular complexity index is 435. The van der Waals surface area contributed by atoms with Gasteiger partial charge in [-0.2, -0.15) is 5.26 Å². The molecule has 0 spiro atoms. The van der Waals surface area contributed by atoms with Crippen LogP contribution in [-0.4, -0.2) is 6.04 Å². The van der Waals surface area contributed by atoms with Crippen molar-refractivity contribution < 1.29 is 0 Å². The van der Waals surface area contributed by atoms with Gasteiger partial charge in [-0.25, -0.2) is 0 Å². The van der Waals surface area contributed by atoms with Crippen LogP contribution in [-0.2, 0) is 0 Å². The summed E-state index contributed by atoms with van der Waals surface area (Å²) < 4.78 is 0. The molecule has 0 heterocycles. The van der Waals surface area contributed by atoms with Crippen molar-refractivity contribution >= 4 is 5.69 Å². The summed E-state index contributed by atoms with van der Waals surface area (Å²) >= 11 is 0. The first-order valence-corrected chi connectivity index (χ1v) is 5.44. The van der Waals surface area contributed by atoms with Crippen LogP contribution in [0.5, 0.6) is 0 Å². The maximum absolute atomic E-state index is 8.82. The third-order valence-electron chi connectivity index (χ3n) is 2.47. The zero-order chi connectivity index (χ0) is 12.0. The highest BCUT2D eigenvalue weighted by Crippen LogP contribution is 2.16. The lowest BCUT2D eigenvalue weighted by Gasteiger charge is -2.14. The second-order valence-electron chi connectivity index (χ2n) is 3.79. The summed E-state index contributed by atoms with van der Waals surface area (Å²) in [5.41, 5.74) is 2.66. The van der Waals surface area contributed by atoms with Crippen LogP contribution in [0, 0.1) is 30.6 Å². The lowest BCUT2D eigenvalue weighted by Crippen LogP contribution is -2.16. The summed E-state index contributed by atoms with van der Waals surface area (Å²) in [5.74, 6) is 2.72. The molecule has 0 bridgehead atoms. The fourth-order valence-corrected chi connectivity index (χ4v) is 1.57. The topological polar surface area (TPSA) is 35.8 Å². The highest BCUT2D eigenvalue weighted by molar-refractivity contribution is 5.52. The zero-order valence-electron chi connectivity index (χ0n) is 9.75. The van der Waals surface area contributed by atoms with Gasteiger partial charge in [-0.05, 0) is 37.1 Å². The van der Waals surface area contributed by atoms with E-state index in [9.17, 15) is 0 Å². The van der Waals surface area contributed by atoms with Crippen molar-refractivity contribution in [3.63, 3.8) is 0 Å². The van der Waals surface area contributed by atoms with Crippen LogP contribution in [0.3, 0.4) is 0 Å². The summed E-state index contributed by atoms with van der Waals surface area (Å²) in [4.78, 5) is 0. The van der Waals surface area contributed by atoms with E-state index in [0.717, 1.165) is 24.1 Å². The molecule has 1 N–H and O–H groups in total. The number of nitriles is 1. The fraction of sp³-hybridized carbons (Fsp3) is 0.357. The molecule has 0 radical (unpaired) electrons. The van der Waals surface area contributed by atoms with Gasteiger partial charge in [0.15, 0.2) is 0 Å². The molecule has 1 rings (SSSR count). The molecule has 0 saturated carbocycles. The molecule has 0 saturated heterocycles. The first-order valence-electron chi connectivity index (χ1n) is 5.44. The Kier molecular flexibility index (Phi) is 4.42. The normalized spacial score (nSPS) is 11.2. The molecule has 1 atom stereocenters. The van der Waals surface area contributed by atoms with Crippen LogP contribution in [0.4, 0.5) is 5.69 Å². The van der Waals surface area contributed by atoms with Crippen molar-refractivity contribution in [2.45, 2.75) is 32.7 Å². The zero-order valence-corrected chi connectivity index (χ0v) is 9.75. The number of hydrogen-bond donors (Lipinski definition) is 1. The van der Waals surface area contributed by atoms with Gasteiger partial charge in [0.25, 0.3) is 0 Å². The van der Waals surface area contributed by atoms with Gasteiger partial charge in [-0.1, -0.05) is 19.3 Å². The van der Waals surface area contributed by atoms with E-state index in [2.05, 4.69) is 24.2 Å². The summed E-state index contributed by atoms with van der Waals surface area (Å²) in [7, 11) is 0. The Hall–Kier alpha value is -1.93.